The topological polar surface area (TPSA) is 84.9 Å². The third-order valence-electron chi connectivity index (χ3n) is 5.26. The summed E-state index contributed by atoms with van der Waals surface area (Å²) in [5, 5.41) is 2.24. The van der Waals surface area contributed by atoms with E-state index >= 15 is 0 Å². The lowest BCUT2D eigenvalue weighted by molar-refractivity contribution is -0.122. The van der Waals surface area contributed by atoms with Crippen LogP contribution in [-0.4, -0.2) is 24.5 Å². The summed E-state index contributed by atoms with van der Waals surface area (Å²) < 4.78 is 12.4. The number of urea groups is 1. The van der Waals surface area contributed by atoms with Gasteiger partial charge in [0.15, 0.2) is 11.5 Å². The van der Waals surface area contributed by atoms with Gasteiger partial charge in [-0.3, -0.25) is 14.9 Å². The molecule has 3 aromatic rings. The molecule has 0 aromatic heterocycles. The molecule has 1 saturated heterocycles. The second-order valence-corrected chi connectivity index (χ2v) is 8.69. The van der Waals surface area contributed by atoms with E-state index in [2.05, 4.69) is 21.2 Å². The molecular formula is C27H23BrN2O5. The SMILES string of the molecule is CCOc1cc(/C=C2\C(=O)NC(=O)N(c3ccc(C)cc3)C2=O)cc(Br)c1OCc1ccccc1. The smallest absolute Gasteiger partial charge is 0.335 e. The Labute approximate surface area is 211 Å². The Morgan fingerprint density at radius 1 is 0.971 bits per heavy atom. The highest BCUT2D eigenvalue weighted by atomic mass is 79.9. The third-order valence-corrected chi connectivity index (χ3v) is 5.85. The van der Waals surface area contributed by atoms with Crippen molar-refractivity contribution in [1.82, 2.24) is 5.32 Å². The number of carbonyl (C=O) groups is 3. The van der Waals surface area contributed by atoms with Gasteiger partial charge in [-0.05, 0) is 71.2 Å². The van der Waals surface area contributed by atoms with Crippen molar-refractivity contribution in [3.63, 3.8) is 0 Å². The Balaban J connectivity index is 1.66. The number of imide groups is 2. The molecule has 0 aliphatic carbocycles. The number of benzene rings is 3. The van der Waals surface area contributed by atoms with Crippen LogP contribution < -0.4 is 19.7 Å². The van der Waals surface area contributed by atoms with Crippen molar-refractivity contribution in [3.05, 3.63) is 93.5 Å². The van der Waals surface area contributed by atoms with E-state index in [-0.39, 0.29) is 5.57 Å². The van der Waals surface area contributed by atoms with Crippen LogP contribution >= 0.6 is 15.9 Å². The maximum Gasteiger partial charge on any atom is 0.335 e. The first-order chi connectivity index (χ1) is 16.9. The zero-order chi connectivity index (χ0) is 24.9. The molecule has 1 N–H and O–H groups in total. The monoisotopic (exact) mass is 534 g/mol. The van der Waals surface area contributed by atoms with Crippen molar-refractivity contribution in [2.45, 2.75) is 20.5 Å². The number of halogens is 1. The van der Waals surface area contributed by atoms with Gasteiger partial charge < -0.3 is 9.47 Å². The average Bonchev–Trinajstić information content (AvgIpc) is 2.83. The van der Waals surface area contributed by atoms with E-state index in [1.807, 2.05) is 44.2 Å². The van der Waals surface area contributed by atoms with Gasteiger partial charge in [0.25, 0.3) is 11.8 Å². The minimum atomic E-state index is -0.790. The highest BCUT2D eigenvalue weighted by molar-refractivity contribution is 9.10. The van der Waals surface area contributed by atoms with Crippen LogP contribution in [0.3, 0.4) is 0 Å². The number of nitrogens with zero attached hydrogens (tertiary/aromatic N) is 1. The van der Waals surface area contributed by atoms with Gasteiger partial charge in [-0.1, -0.05) is 48.0 Å². The first kappa shape index (κ1) is 24.2. The molecule has 35 heavy (non-hydrogen) atoms. The van der Waals surface area contributed by atoms with Crippen molar-refractivity contribution < 1.29 is 23.9 Å². The van der Waals surface area contributed by atoms with Gasteiger partial charge in [0.05, 0.1) is 16.8 Å². The molecule has 1 aliphatic rings. The van der Waals surface area contributed by atoms with Crippen molar-refractivity contribution in [2.24, 2.45) is 0 Å². The summed E-state index contributed by atoms with van der Waals surface area (Å²) in [7, 11) is 0. The third kappa shape index (κ3) is 5.44. The van der Waals surface area contributed by atoms with Gasteiger partial charge >= 0.3 is 6.03 Å². The number of barbiturate groups is 1. The minimum absolute atomic E-state index is 0.169. The number of aryl methyl sites for hydroxylation is 1. The van der Waals surface area contributed by atoms with Gasteiger partial charge in [-0.25, -0.2) is 9.69 Å². The number of hydrogen-bond donors (Lipinski definition) is 1. The fourth-order valence-electron chi connectivity index (χ4n) is 3.56. The molecular weight excluding hydrogens is 512 g/mol. The van der Waals surface area contributed by atoms with Crippen LogP contribution in [-0.2, 0) is 16.2 Å². The number of amides is 4. The van der Waals surface area contributed by atoms with E-state index in [0.717, 1.165) is 16.0 Å². The van der Waals surface area contributed by atoms with Crippen molar-refractivity contribution in [2.75, 3.05) is 11.5 Å². The molecule has 1 heterocycles. The van der Waals surface area contributed by atoms with E-state index in [1.54, 1.807) is 36.4 Å². The molecule has 7 nitrogen and oxygen atoms in total. The van der Waals surface area contributed by atoms with Crippen LogP contribution in [0.2, 0.25) is 0 Å². The lowest BCUT2D eigenvalue weighted by Crippen LogP contribution is -2.54. The van der Waals surface area contributed by atoms with Crippen molar-refractivity contribution >= 4 is 45.5 Å². The van der Waals surface area contributed by atoms with Crippen LogP contribution in [0, 0.1) is 6.92 Å². The van der Waals surface area contributed by atoms with Crippen LogP contribution in [0.25, 0.3) is 6.08 Å². The fraction of sp³-hybridized carbons (Fsp3) is 0.148. The molecule has 0 atom stereocenters. The first-order valence-electron chi connectivity index (χ1n) is 11.0. The number of carbonyl (C=O) groups excluding carboxylic acids is 3. The number of ether oxygens (including phenoxy) is 2. The lowest BCUT2D eigenvalue weighted by Gasteiger charge is -2.26. The van der Waals surface area contributed by atoms with Gasteiger partial charge in [0, 0.05) is 0 Å². The quantitative estimate of drug-likeness (QED) is 0.324. The molecule has 0 unspecified atom stereocenters. The highest BCUT2D eigenvalue weighted by Gasteiger charge is 2.36. The minimum Gasteiger partial charge on any atom is -0.490 e. The normalized spacial score (nSPS) is 14.8. The molecule has 0 spiro atoms. The summed E-state index contributed by atoms with van der Waals surface area (Å²) >= 11 is 3.52. The predicted octanol–water partition coefficient (Wildman–Crippen LogP) is 5.40. The summed E-state index contributed by atoms with van der Waals surface area (Å²) in [5.74, 6) is -0.503. The Bertz CT molecular complexity index is 1300. The van der Waals surface area contributed by atoms with Crippen molar-refractivity contribution in [3.8, 4) is 11.5 Å². The van der Waals surface area contributed by atoms with Gasteiger partial charge in [0.1, 0.15) is 12.2 Å². The summed E-state index contributed by atoms with van der Waals surface area (Å²) in [5.41, 5.74) is 2.71. The van der Waals surface area contributed by atoms with E-state index in [1.165, 1.54) is 6.08 Å². The maximum atomic E-state index is 13.2. The lowest BCUT2D eigenvalue weighted by atomic mass is 10.1. The van der Waals surface area contributed by atoms with E-state index in [0.29, 0.717) is 40.4 Å². The van der Waals surface area contributed by atoms with Crippen LogP contribution in [0.5, 0.6) is 11.5 Å². The van der Waals surface area contributed by atoms with Crippen LogP contribution in [0.4, 0.5) is 10.5 Å². The standard InChI is InChI=1S/C27H23BrN2O5/c1-3-34-23-15-19(14-22(28)24(23)35-16-18-7-5-4-6-8-18)13-21-25(31)29-27(33)30(26(21)32)20-11-9-17(2)10-12-20/h4-15H,3,16H2,1-2H3,(H,29,31,33)/b21-13+. The molecule has 3 aromatic carbocycles. The number of hydrogen-bond acceptors (Lipinski definition) is 5. The highest BCUT2D eigenvalue weighted by Crippen LogP contribution is 2.38. The van der Waals surface area contributed by atoms with E-state index in [4.69, 9.17) is 9.47 Å². The molecule has 0 saturated carbocycles. The van der Waals surface area contributed by atoms with Gasteiger partial charge in [-0.2, -0.15) is 0 Å². The van der Waals surface area contributed by atoms with Gasteiger partial charge in [-0.15, -0.1) is 0 Å². The zero-order valence-corrected chi connectivity index (χ0v) is 20.8. The first-order valence-corrected chi connectivity index (χ1v) is 11.8. The molecule has 4 rings (SSSR count). The average molecular weight is 535 g/mol. The Morgan fingerprint density at radius 3 is 2.37 bits per heavy atom. The van der Waals surface area contributed by atoms with Gasteiger partial charge in [0.2, 0.25) is 0 Å². The van der Waals surface area contributed by atoms with E-state index in [9.17, 15) is 14.4 Å². The summed E-state index contributed by atoms with van der Waals surface area (Å²) in [6.07, 6.45) is 1.43. The Hall–Kier alpha value is -3.91. The zero-order valence-electron chi connectivity index (χ0n) is 19.2. The van der Waals surface area contributed by atoms with E-state index < -0.39 is 17.8 Å². The molecule has 1 aliphatic heterocycles. The largest absolute Gasteiger partial charge is 0.490 e. The summed E-state index contributed by atoms with van der Waals surface area (Å²) in [6, 6.07) is 19.2. The summed E-state index contributed by atoms with van der Waals surface area (Å²) in [6.45, 7) is 4.48. The maximum absolute atomic E-state index is 13.2. The second-order valence-electron chi connectivity index (χ2n) is 7.83. The Kier molecular flexibility index (Phi) is 7.31. The molecule has 1 fully saturated rings. The second kappa shape index (κ2) is 10.6. The van der Waals surface area contributed by atoms with Crippen molar-refractivity contribution in [1.29, 1.82) is 0 Å². The van der Waals surface area contributed by atoms with Crippen LogP contribution in [0.15, 0.2) is 76.8 Å². The fourth-order valence-corrected chi connectivity index (χ4v) is 4.13. The number of nitrogens with one attached hydrogen (secondary N) is 1. The summed E-state index contributed by atoms with van der Waals surface area (Å²) in [4.78, 5) is 39.1. The number of anilines is 1. The number of rotatable bonds is 7. The Morgan fingerprint density at radius 2 is 1.69 bits per heavy atom. The molecule has 0 radical (unpaired) electrons. The molecule has 178 valence electrons. The van der Waals surface area contributed by atoms with Crippen LogP contribution in [0.1, 0.15) is 23.6 Å². The molecule has 0 bridgehead atoms. The molecule has 8 heteroatoms. The molecule has 4 amide bonds. The predicted molar refractivity (Wildman–Crippen MR) is 136 cm³/mol.